The number of sulfonamides is 1. The molecule has 0 bridgehead atoms. The number of anilines is 1. The topological polar surface area (TPSA) is 94.3 Å². The minimum absolute atomic E-state index is 0.0215. The normalized spacial score (nSPS) is 17.8. The van der Waals surface area contributed by atoms with Gasteiger partial charge in [-0.1, -0.05) is 11.6 Å². The molecule has 3 N–H and O–H groups in total. The molecule has 1 aliphatic rings. The van der Waals surface area contributed by atoms with E-state index >= 15 is 0 Å². The van der Waals surface area contributed by atoms with Gasteiger partial charge < -0.3 is 10.5 Å². The highest BCUT2D eigenvalue weighted by Gasteiger charge is 2.22. The Bertz CT molecular complexity index is 529. The fourth-order valence-corrected chi connectivity index (χ4v) is 3.19. The number of aromatic nitrogens is 1. The molecule has 0 radical (unpaired) electrons. The average molecular weight is 292 g/mol. The molecule has 18 heavy (non-hydrogen) atoms. The third-order valence-corrected chi connectivity index (χ3v) is 4.49. The number of halogens is 1. The first-order chi connectivity index (χ1) is 8.49. The van der Waals surface area contributed by atoms with Gasteiger partial charge in [-0.05, 0) is 18.9 Å². The van der Waals surface area contributed by atoms with Crippen molar-refractivity contribution in [2.45, 2.75) is 23.8 Å². The number of nitrogens with one attached hydrogen (secondary N) is 1. The van der Waals surface area contributed by atoms with Gasteiger partial charge in [0, 0.05) is 25.5 Å². The Morgan fingerprint density at radius 1 is 1.44 bits per heavy atom. The summed E-state index contributed by atoms with van der Waals surface area (Å²) in [5.41, 5.74) is 5.44. The van der Waals surface area contributed by atoms with Gasteiger partial charge >= 0.3 is 0 Å². The Labute approximate surface area is 111 Å². The molecule has 1 aromatic rings. The number of hydrogen-bond donors (Lipinski definition) is 2. The summed E-state index contributed by atoms with van der Waals surface area (Å²) in [7, 11) is -3.61. The van der Waals surface area contributed by atoms with Crippen LogP contribution in [0.3, 0.4) is 0 Å². The molecule has 0 spiro atoms. The van der Waals surface area contributed by atoms with Crippen LogP contribution in [0.1, 0.15) is 12.8 Å². The Balaban J connectivity index is 2.16. The summed E-state index contributed by atoms with van der Waals surface area (Å²) >= 11 is 5.76. The molecule has 1 aromatic heterocycles. The van der Waals surface area contributed by atoms with E-state index in [1.807, 2.05) is 0 Å². The SMILES string of the molecule is Nc1ncc(S(=O)(=O)NC2CCOCC2)cc1Cl. The fraction of sp³-hybridized carbons (Fsp3) is 0.500. The fourth-order valence-electron chi connectivity index (χ4n) is 1.68. The lowest BCUT2D eigenvalue weighted by Gasteiger charge is -2.22. The van der Waals surface area contributed by atoms with Crippen LogP contribution in [0, 0.1) is 0 Å². The maximum atomic E-state index is 12.1. The standard InChI is InChI=1S/C10H14ClN3O3S/c11-9-5-8(6-13-10(9)12)18(15,16)14-7-1-3-17-4-2-7/h5-7,14H,1-4H2,(H2,12,13). The van der Waals surface area contributed by atoms with E-state index in [1.54, 1.807) is 0 Å². The molecule has 1 saturated heterocycles. The zero-order chi connectivity index (χ0) is 13.2. The maximum Gasteiger partial charge on any atom is 0.242 e. The van der Waals surface area contributed by atoms with Gasteiger partial charge in [-0.15, -0.1) is 0 Å². The van der Waals surface area contributed by atoms with Gasteiger partial charge in [-0.25, -0.2) is 18.1 Å². The number of nitrogens with zero attached hydrogens (tertiary/aromatic N) is 1. The number of rotatable bonds is 3. The second-order valence-electron chi connectivity index (χ2n) is 4.05. The minimum Gasteiger partial charge on any atom is -0.382 e. The van der Waals surface area contributed by atoms with E-state index in [-0.39, 0.29) is 21.8 Å². The van der Waals surface area contributed by atoms with Crippen LogP contribution in [0.4, 0.5) is 5.82 Å². The summed E-state index contributed by atoms with van der Waals surface area (Å²) in [5.74, 6) is 0.113. The molecule has 2 heterocycles. The molecule has 0 saturated carbocycles. The van der Waals surface area contributed by atoms with Crippen molar-refractivity contribution in [3.8, 4) is 0 Å². The van der Waals surface area contributed by atoms with Gasteiger partial charge in [0.2, 0.25) is 10.0 Å². The van der Waals surface area contributed by atoms with Crippen molar-refractivity contribution in [2.75, 3.05) is 18.9 Å². The number of nitrogen functional groups attached to an aromatic ring is 1. The Morgan fingerprint density at radius 3 is 2.72 bits per heavy atom. The number of nitrogens with two attached hydrogens (primary N) is 1. The van der Waals surface area contributed by atoms with Gasteiger partial charge in [-0.2, -0.15) is 0 Å². The number of hydrogen-bond acceptors (Lipinski definition) is 5. The molecule has 2 rings (SSSR count). The predicted octanol–water partition coefficient (Wildman–Crippen LogP) is 0.775. The summed E-state index contributed by atoms with van der Waals surface area (Å²) < 4.78 is 31.9. The second kappa shape index (κ2) is 5.40. The van der Waals surface area contributed by atoms with Crippen molar-refractivity contribution in [1.29, 1.82) is 0 Å². The van der Waals surface area contributed by atoms with Crippen LogP contribution in [-0.2, 0) is 14.8 Å². The summed E-state index contributed by atoms with van der Waals surface area (Å²) in [6.07, 6.45) is 2.52. The Morgan fingerprint density at radius 2 is 2.11 bits per heavy atom. The average Bonchev–Trinajstić information content (AvgIpc) is 2.33. The molecule has 6 nitrogen and oxygen atoms in total. The third kappa shape index (κ3) is 3.11. The van der Waals surface area contributed by atoms with Gasteiger partial charge in [0.25, 0.3) is 0 Å². The van der Waals surface area contributed by atoms with Crippen LogP contribution < -0.4 is 10.5 Å². The predicted molar refractivity (Wildman–Crippen MR) is 67.8 cm³/mol. The van der Waals surface area contributed by atoms with Gasteiger partial charge in [-0.3, -0.25) is 0 Å². The largest absolute Gasteiger partial charge is 0.382 e. The molecule has 0 aromatic carbocycles. The van der Waals surface area contributed by atoms with E-state index < -0.39 is 10.0 Å². The van der Waals surface area contributed by atoms with E-state index in [4.69, 9.17) is 22.1 Å². The first kappa shape index (κ1) is 13.5. The summed E-state index contributed by atoms with van der Waals surface area (Å²) in [6, 6.07) is 1.19. The highest BCUT2D eigenvalue weighted by molar-refractivity contribution is 7.89. The van der Waals surface area contributed by atoms with Gasteiger partial charge in [0.05, 0.1) is 5.02 Å². The van der Waals surface area contributed by atoms with Gasteiger partial charge in [0.15, 0.2) is 0 Å². The highest BCUT2D eigenvalue weighted by Crippen LogP contribution is 2.20. The maximum absolute atomic E-state index is 12.1. The summed E-state index contributed by atoms with van der Waals surface area (Å²) in [5, 5.41) is 0.129. The van der Waals surface area contributed by atoms with Crippen molar-refractivity contribution in [2.24, 2.45) is 0 Å². The van der Waals surface area contributed by atoms with Crippen LogP contribution in [0.2, 0.25) is 5.02 Å². The van der Waals surface area contributed by atoms with Crippen LogP contribution >= 0.6 is 11.6 Å². The first-order valence-electron chi connectivity index (χ1n) is 5.50. The van der Waals surface area contributed by atoms with E-state index in [2.05, 4.69) is 9.71 Å². The van der Waals surface area contributed by atoms with Crippen molar-refractivity contribution in [3.05, 3.63) is 17.3 Å². The van der Waals surface area contributed by atoms with Crippen LogP contribution in [0.25, 0.3) is 0 Å². The van der Waals surface area contributed by atoms with E-state index in [1.165, 1.54) is 12.3 Å². The Hall–Kier alpha value is -0.890. The molecular formula is C10H14ClN3O3S. The molecule has 0 atom stereocenters. The molecular weight excluding hydrogens is 278 g/mol. The van der Waals surface area contributed by atoms with Crippen LogP contribution in [-0.4, -0.2) is 32.7 Å². The van der Waals surface area contributed by atoms with E-state index in [0.717, 1.165) is 0 Å². The molecule has 0 unspecified atom stereocenters. The zero-order valence-corrected chi connectivity index (χ0v) is 11.2. The monoisotopic (exact) mass is 291 g/mol. The van der Waals surface area contributed by atoms with Crippen molar-refractivity contribution in [1.82, 2.24) is 9.71 Å². The lowest BCUT2D eigenvalue weighted by molar-refractivity contribution is 0.0832. The summed E-state index contributed by atoms with van der Waals surface area (Å²) in [4.78, 5) is 3.76. The lowest BCUT2D eigenvalue weighted by atomic mass is 10.1. The lowest BCUT2D eigenvalue weighted by Crippen LogP contribution is -2.38. The van der Waals surface area contributed by atoms with Crippen LogP contribution in [0.15, 0.2) is 17.2 Å². The molecule has 0 amide bonds. The molecule has 0 aliphatic carbocycles. The molecule has 8 heteroatoms. The van der Waals surface area contributed by atoms with E-state index in [9.17, 15) is 8.42 Å². The van der Waals surface area contributed by atoms with Gasteiger partial charge in [0.1, 0.15) is 10.7 Å². The second-order valence-corrected chi connectivity index (χ2v) is 6.17. The quantitative estimate of drug-likeness (QED) is 0.858. The molecule has 1 fully saturated rings. The highest BCUT2D eigenvalue weighted by atomic mass is 35.5. The Kier molecular flexibility index (Phi) is 4.06. The number of pyridine rings is 1. The third-order valence-electron chi connectivity index (χ3n) is 2.70. The van der Waals surface area contributed by atoms with Crippen molar-refractivity contribution in [3.63, 3.8) is 0 Å². The zero-order valence-electron chi connectivity index (χ0n) is 9.60. The van der Waals surface area contributed by atoms with Crippen LogP contribution in [0.5, 0.6) is 0 Å². The number of ether oxygens (including phenoxy) is 1. The smallest absolute Gasteiger partial charge is 0.242 e. The first-order valence-corrected chi connectivity index (χ1v) is 7.36. The minimum atomic E-state index is -3.61. The summed E-state index contributed by atoms with van der Waals surface area (Å²) in [6.45, 7) is 1.13. The van der Waals surface area contributed by atoms with E-state index in [0.29, 0.717) is 26.1 Å². The van der Waals surface area contributed by atoms with Crippen molar-refractivity contribution >= 4 is 27.4 Å². The van der Waals surface area contributed by atoms with Crippen molar-refractivity contribution < 1.29 is 13.2 Å². The molecule has 100 valence electrons. The molecule has 1 aliphatic heterocycles.